The molecule has 4 aromatic rings. The van der Waals surface area contributed by atoms with Crippen molar-refractivity contribution in [1.29, 1.82) is 10.5 Å². The van der Waals surface area contributed by atoms with Crippen LogP contribution in [-0.4, -0.2) is 42.8 Å². The first-order valence-corrected chi connectivity index (χ1v) is 10.7. The number of H-pyrrole nitrogens is 1. The maximum absolute atomic E-state index is 14.6. The monoisotopic (exact) mass is 461 g/mol. The maximum atomic E-state index is 14.6. The van der Waals surface area contributed by atoms with Crippen LogP contribution in [0.4, 0.5) is 10.2 Å². The molecule has 1 fully saturated rings. The Hall–Kier alpha value is -4.02. The molecule has 0 aromatic carbocycles. The van der Waals surface area contributed by atoms with E-state index in [2.05, 4.69) is 31.1 Å². The van der Waals surface area contributed by atoms with Gasteiger partial charge in [-0.25, -0.2) is 19.3 Å². The highest BCUT2D eigenvalue weighted by Gasteiger charge is 2.33. The van der Waals surface area contributed by atoms with Crippen LogP contribution in [0.3, 0.4) is 0 Å². The quantitative estimate of drug-likeness (QED) is 0.447. The minimum atomic E-state index is -0.589. The molecule has 0 amide bonds. The Balaban J connectivity index is 1.41. The van der Waals surface area contributed by atoms with E-state index in [4.69, 9.17) is 16.9 Å². The molecule has 0 saturated carbocycles. The van der Waals surface area contributed by atoms with E-state index in [-0.39, 0.29) is 34.9 Å². The van der Waals surface area contributed by atoms with Crippen LogP contribution in [0.25, 0.3) is 22.3 Å². The second-order valence-corrected chi connectivity index (χ2v) is 8.20. The Morgan fingerprint density at radius 2 is 2.21 bits per heavy atom. The Morgan fingerprint density at radius 1 is 1.33 bits per heavy atom. The van der Waals surface area contributed by atoms with E-state index in [1.807, 2.05) is 18.3 Å². The molecule has 4 aromatic heterocycles. The second-order valence-electron chi connectivity index (χ2n) is 7.84. The SMILES string of the molecule is N#CC[C@@H]([C@H]1CCN(c2nc(Cl)c(C#N)cc2F)C1)n1cc(-c2ncnc3[nH]ccc23)cn1. The summed E-state index contributed by atoms with van der Waals surface area (Å²) in [4.78, 5) is 17.6. The molecule has 1 aliphatic rings. The predicted molar refractivity (Wildman–Crippen MR) is 119 cm³/mol. The number of anilines is 1. The van der Waals surface area contributed by atoms with Crippen LogP contribution >= 0.6 is 11.6 Å². The molecular formula is C22H17ClFN9. The number of rotatable bonds is 5. The number of halogens is 2. The van der Waals surface area contributed by atoms with Crippen LogP contribution in [0.2, 0.25) is 5.15 Å². The molecule has 11 heteroatoms. The van der Waals surface area contributed by atoms with Gasteiger partial charge in [0, 0.05) is 42.4 Å². The molecule has 9 nitrogen and oxygen atoms in total. The first-order chi connectivity index (χ1) is 16.1. The topological polar surface area (TPSA) is 123 Å². The summed E-state index contributed by atoms with van der Waals surface area (Å²) in [5.41, 5.74) is 2.32. The van der Waals surface area contributed by atoms with Crippen molar-refractivity contribution in [2.75, 3.05) is 18.0 Å². The van der Waals surface area contributed by atoms with E-state index in [1.165, 1.54) is 6.33 Å². The molecule has 33 heavy (non-hydrogen) atoms. The third-order valence-corrected chi connectivity index (χ3v) is 6.26. The van der Waals surface area contributed by atoms with Gasteiger partial charge < -0.3 is 9.88 Å². The van der Waals surface area contributed by atoms with Gasteiger partial charge >= 0.3 is 0 Å². The fourth-order valence-corrected chi connectivity index (χ4v) is 4.54. The number of pyridine rings is 1. The second kappa shape index (κ2) is 8.49. The standard InChI is InChI=1S/C22H17ClFN9/c23-20-14(8-26)7-17(24)22(31-20)32-6-3-13(10-32)18(1-4-25)33-11-15(9-30-33)19-16-2-5-27-21(16)29-12-28-19/h2,5,7,9,11-13,18H,1,3,6,10H2,(H,27,28,29)/t13-,18-/m0/s1. The highest BCUT2D eigenvalue weighted by atomic mass is 35.5. The van der Waals surface area contributed by atoms with Gasteiger partial charge in [0.2, 0.25) is 0 Å². The minimum Gasteiger partial charge on any atom is -0.354 e. The Labute approximate surface area is 193 Å². The molecular weight excluding hydrogens is 445 g/mol. The van der Waals surface area contributed by atoms with Crippen molar-refractivity contribution in [3.05, 3.63) is 53.6 Å². The van der Waals surface area contributed by atoms with Gasteiger partial charge in [0.1, 0.15) is 23.2 Å². The minimum absolute atomic E-state index is 0.00124. The van der Waals surface area contributed by atoms with E-state index in [0.29, 0.717) is 13.1 Å². The summed E-state index contributed by atoms with van der Waals surface area (Å²) >= 11 is 6.02. The molecule has 0 bridgehead atoms. The van der Waals surface area contributed by atoms with Crippen LogP contribution in [0.5, 0.6) is 0 Å². The fraction of sp³-hybridized carbons (Fsp3) is 0.273. The first-order valence-electron chi connectivity index (χ1n) is 10.3. The first kappa shape index (κ1) is 20.9. The molecule has 1 N–H and O–H groups in total. The number of aromatic amines is 1. The van der Waals surface area contributed by atoms with Gasteiger partial charge in [-0.3, -0.25) is 4.68 Å². The number of hydrogen-bond donors (Lipinski definition) is 1. The van der Waals surface area contributed by atoms with Crippen molar-refractivity contribution in [3.8, 4) is 23.4 Å². The molecule has 2 atom stereocenters. The Morgan fingerprint density at radius 3 is 3.03 bits per heavy atom. The normalized spacial score (nSPS) is 16.6. The van der Waals surface area contributed by atoms with Crippen molar-refractivity contribution in [1.82, 2.24) is 29.7 Å². The summed E-state index contributed by atoms with van der Waals surface area (Å²) in [6, 6.07) is 6.90. The highest BCUT2D eigenvalue weighted by molar-refractivity contribution is 6.30. The number of hydrogen-bond acceptors (Lipinski definition) is 7. The predicted octanol–water partition coefficient (Wildman–Crippen LogP) is 3.86. The number of nitriles is 2. The van der Waals surface area contributed by atoms with E-state index < -0.39 is 5.82 Å². The lowest BCUT2D eigenvalue weighted by Crippen LogP contribution is -2.26. The van der Waals surface area contributed by atoms with Gasteiger partial charge in [0.25, 0.3) is 0 Å². The summed E-state index contributed by atoms with van der Waals surface area (Å²) in [5.74, 6) is -0.422. The van der Waals surface area contributed by atoms with E-state index in [9.17, 15) is 9.65 Å². The molecule has 1 aliphatic heterocycles. The molecule has 0 unspecified atom stereocenters. The van der Waals surface area contributed by atoms with Crippen molar-refractivity contribution < 1.29 is 4.39 Å². The van der Waals surface area contributed by atoms with Crippen LogP contribution in [-0.2, 0) is 0 Å². The zero-order valence-corrected chi connectivity index (χ0v) is 18.0. The average Bonchev–Trinajstić information content (AvgIpc) is 3.59. The summed E-state index contributed by atoms with van der Waals surface area (Å²) in [6.07, 6.45) is 7.91. The summed E-state index contributed by atoms with van der Waals surface area (Å²) in [6.45, 7) is 1.05. The largest absolute Gasteiger partial charge is 0.354 e. The lowest BCUT2D eigenvalue weighted by Gasteiger charge is -2.23. The lowest BCUT2D eigenvalue weighted by molar-refractivity contribution is 0.331. The van der Waals surface area contributed by atoms with Crippen LogP contribution in [0, 0.1) is 34.4 Å². The fourth-order valence-electron chi connectivity index (χ4n) is 4.37. The third kappa shape index (κ3) is 3.75. The van der Waals surface area contributed by atoms with Crippen molar-refractivity contribution in [2.45, 2.75) is 18.9 Å². The van der Waals surface area contributed by atoms with Crippen molar-refractivity contribution >= 4 is 28.5 Å². The summed E-state index contributed by atoms with van der Waals surface area (Å²) < 4.78 is 16.4. The Bertz CT molecular complexity index is 1410. The summed E-state index contributed by atoms with van der Waals surface area (Å²) in [7, 11) is 0. The zero-order chi connectivity index (χ0) is 22.9. The molecule has 164 valence electrons. The van der Waals surface area contributed by atoms with Crippen molar-refractivity contribution in [2.24, 2.45) is 5.92 Å². The van der Waals surface area contributed by atoms with Gasteiger partial charge in [-0.1, -0.05) is 11.6 Å². The van der Waals surface area contributed by atoms with Crippen molar-refractivity contribution in [3.63, 3.8) is 0 Å². The Kier molecular flexibility index (Phi) is 5.37. The highest BCUT2D eigenvalue weighted by Crippen LogP contribution is 2.35. The molecule has 0 spiro atoms. The number of nitrogens with one attached hydrogen (secondary N) is 1. The van der Waals surface area contributed by atoms with Gasteiger partial charge in [-0.15, -0.1) is 0 Å². The molecule has 5 heterocycles. The average molecular weight is 462 g/mol. The maximum Gasteiger partial charge on any atom is 0.167 e. The van der Waals surface area contributed by atoms with E-state index in [1.54, 1.807) is 22.0 Å². The molecule has 5 rings (SSSR count). The van der Waals surface area contributed by atoms with Gasteiger partial charge in [0.15, 0.2) is 11.6 Å². The van der Waals surface area contributed by atoms with E-state index >= 15 is 0 Å². The number of nitrogens with zero attached hydrogens (tertiary/aromatic N) is 8. The molecule has 1 saturated heterocycles. The number of aromatic nitrogens is 6. The van der Waals surface area contributed by atoms with Crippen LogP contribution in [0.15, 0.2) is 37.1 Å². The van der Waals surface area contributed by atoms with Crippen LogP contribution < -0.4 is 4.90 Å². The van der Waals surface area contributed by atoms with Gasteiger partial charge in [-0.2, -0.15) is 15.6 Å². The van der Waals surface area contributed by atoms with Gasteiger partial charge in [0.05, 0.1) is 36.0 Å². The summed E-state index contributed by atoms with van der Waals surface area (Å²) in [5, 5.41) is 23.9. The third-order valence-electron chi connectivity index (χ3n) is 5.97. The zero-order valence-electron chi connectivity index (χ0n) is 17.3. The lowest BCUT2D eigenvalue weighted by atomic mass is 9.96. The smallest absolute Gasteiger partial charge is 0.167 e. The molecule has 0 radical (unpaired) electrons. The van der Waals surface area contributed by atoms with E-state index in [0.717, 1.165) is 34.8 Å². The van der Waals surface area contributed by atoms with Crippen LogP contribution in [0.1, 0.15) is 24.4 Å². The van der Waals surface area contributed by atoms with Gasteiger partial charge in [-0.05, 0) is 18.6 Å². The number of fused-ring (bicyclic) bond motifs is 1. The molecule has 0 aliphatic carbocycles.